The summed E-state index contributed by atoms with van der Waals surface area (Å²) < 4.78 is 11.3. The summed E-state index contributed by atoms with van der Waals surface area (Å²) in [4.78, 5) is 14.6. The molecule has 1 aromatic carbocycles. The normalized spacial score (nSPS) is 18.8. The number of ether oxygens (including phenoxy) is 2. The summed E-state index contributed by atoms with van der Waals surface area (Å²) in [7, 11) is 3.52. The van der Waals surface area contributed by atoms with E-state index in [0.717, 1.165) is 72.2 Å². The van der Waals surface area contributed by atoms with Crippen molar-refractivity contribution in [1.82, 2.24) is 14.9 Å². The number of para-hydroxylation sites is 1. The van der Waals surface area contributed by atoms with Gasteiger partial charge in [-0.2, -0.15) is 0 Å². The maximum absolute atomic E-state index is 5.71. The van der Waals surface area contributed by atoms with Gasteiger partial charge in [0.1, 0.15) is 11.5 Å². The molecule has 0 aliphatic carbocycles. The molecule has 2 aliphatic heterocycles. The van der Waals surface area contributed by atoms with Crippen molar-refractivity contribution in [2.45, 2.75) is 39.3 Å². The Balaban J connectivity index is 1.52. The fourth-order valence-corrected chi connectivity index (χ4v) is 4.96. The first kappa shape index (κ1) is 21.7. The Kier molecular flexibility index (Phi) is 5.96. The molecule has 0 spiro atoms. The standard InChI is InChI=1S/C27H32N4O2/c1-17-13-18(2)28-23(17)14-24-26(33-4)15-25(29-24)27-21(20-7-5-6-8-22(20)30-27)16-31-11-9-19(32-3)10-12-31/h5-8,13-15,19,28,30H,9-12,16H2,1-4H3/b24-14-. The molecule has 2 aromatic heterocycles. The maximum Gasteiger partial charge on any atom is 0.146 e. The second-order valence-electron chi connectivity index (χ2n) is 9.02. The van der Waals surface area contributed by atoms with Gasteiger partial charge in [-0.3, -0.25) is 4.90 Å². The van der Waals surface area contributed by atoms with Crippen molar-refractivity contribution in [2.24, 2.45) is 4.99 Å². The van der Waals surface area contributed by atoms with Gasteiger partial charge in [-0.1, -0.05) is 18.2 Å². The number of hydrogen-bond acceptors (Lipinski definition) is 4. The van der Waals surface area contributed by atoms with Gasteiger partial charge in [-0.25, -0.2) is 4.99 Å². The summed E-state index contributed by atoms with van der Waals surface area (Å²) >= 11 is 0. The molecule has 172 valence electrons. The van der Waals surface area contributed by atoms with E-state index in [1.807, 2.05) is 13.2 Å². The Morgan fingerprint density at radius 1 is 1.12 bits per heavy atom. The molecular formula is C27H32N4O2. The van der Waals surface area contributed by atoms with Gasteiger partial charge < -0.3 is 19.4 Å². The molecule has 6 nitrogen and oxygen atoms in total. The molecule has 1 saturated heterocycles. The average Bonchev–Trinajstić information content (AvgIpc) is 3.49. The highest BCUT2D eigenvalue weighted by Crippen LogP contribution is 2.31. The summed E-state index contributed by atoms with van der Waals surface area (Å²) in [6, 6.07) is 10.7. The van der Waals surface area contributed by atoms with E-state index in [9.17, 15) is 0 Å². The van der Waals surface area contributed by atoms with Gasteiger partial charge in [0.25, 0.3) is 0 Å². The second kappa shape index (κ2) is 9.04. The first-order valence-corrected chi connectivity index (χ1v) is 11.6. The first-order chi connectivity index (χ1) is 16.1. The number of piperidine rings is 1. The average molecular weight is 445 g/mol. The molecule has 4 heterocycles. The zero-order valence-electron chi connectivity index (χ0n) is 19.9. The van der Waals surface area contributed by atoms with Crippen molar-refractivity contribution in [2.75, 3.05) is 27.3 Å². The largest absolute Gasteiger partial charge is 0.494 e. The van der Waals surface area contributed by atoms with Crippen molar-refractivity contribution < 1.29 is 9.47 Å². The minimum Gasteiger partial charge on any atom is -0.494 e. The number of methoxy groups -OCH3 is 2. The number of rotatable bonds is 6. The SMILES string of the molecule is COC1=CC(c2[nH]c3ccccc3c2CN2CCC(OC)CC2)=N/C1=C\c1[nH]c(C)cc1C. The summed E-state index contributed by atoms with van der Waals surface area (Å²) in [5.41, 5.74) is 8.65. The van der Waals surface area contributed by atoms with Gasteiger partial charge in [-0.15, -0.1) is 0 Å². The smallest absolute Gasteiger partial charge is 0.146 e. The molecule has 2 aliphatic rings. The van der Waals surface area contributed by atoms with E-state index in [0.29, 0.717) is 6.10 Å². The quantitative estimate of drug-likeness (QED) is 0.556. The van der Waals surface area contributed by atoms with Gasteiger partial charge in [-0.05, 0) is 50.5 Å². The van der Waals surface area contributed by atoms with Crippen LogP contribution in [0.1, 0.15) is 41.1 Å². The van der Waals surface area contributed by atoms with Crippen molar-refractivity contribution >= 4 is 22.7 Å². The Labute approximate surface area is 195 Å². The van der Waals surface area contributed by atoms with Crippen LogP contribution in [0, 0.1) is 13.8 Å². The van der Waals surface area contributed by atoms with Crippen LogP contribution in [0.15, 0.2) is 52.9 Å². The van der Waals surface area contributed by atoms with Crippen molar-refractivity contribution in [1.29, 1.82) is 0 Å². The van der Waals surface area contributed by atoms with E-state index >= 15 is 0 Å². The molecule has 1 fully saturated rings. The summed E-state index contributed by atoms with van der Waals surface area (Å²) in [6.07, 6.45) is 6.64. The lowest BCUT2D eigenvalue weighted by Gasteiger charge is -2.31. The van der Waals surface area contributed by atoms with E-state index in [1.165, 1.54) is 16.5 Å². The monoisotopic (exact) mass is 444 g/mol. The molecule has 33 heavy (non-hydrogen) atoms. The van der Waals surface area contributed by atoms with E-state index in [4.69, 9.17) is 14.5 Å². The molecule has 6 heteroatoms. The van der Waals surface area contributed by atoms with Gasteiger partial charge in [0.2, 0.25) is 0 Å². The van der Waals surface area contributed by atoms with Crippen LogP contribution in [0.2, 0.25) is 0 Å². The van der Waals surface area contributed by atoms with Gasteiger partial charge in [0, 0.05) is 60.7 Å². The lowest BCUT2D eigenvalue weighted by Crippen LogP contribution is -2.36. The number of fused-ring (bicyclic) bond motifs is 1. The fraction of sp³-hybridized carbons (Fsp3) is 0.370. The van der Waals surface area contributed by atoms with Gasteiger partial charge in [0.05, 0.1) is 24.6 Å². The molecule has 3 aromatic rings. The van der Waals surface area contributed by atoms with Crippen molar-refractivity contribution in [3.05, 3.63) is 76.1 Å². The zero-order valence-corrected chi connectivity index (χ0v) is 19.9. The molecule has 0 amide bonds. The number of aryl methyl sites for hydroxylation is 2. The number of likely N-dealkylation sites (tertiary alicyclic amines) is 1. The number of hydrogen-bond donors (Lipinski definition) is 2. The minimum atomic E-state index is 0.378. The number of aromatic nitrogens is 2. The number of aliphatic imine (C=N–C) groups is 1. The van der Waals surface area contributed by atoms with Gasteiger partial charge >= 0.3 is 0 Å². The number of H-pyrrole nitrogens is 2. The third kappa shape index (κ3) is 4.28. The highest BCUT2D eigenvalue weighted by atomic mass is 16.5. The Morgan fingerprint density at radius 2 is 1.91 bits per heavy atom. The third-order valence-corrected chi connectivity index (χ3v) is 6.77. The topological polar surface area (TPSA) is 65.6 Å². The Hall–Kier alpha value is -3.09. The first-order valence-electron chi connectivity index (χ1n) is 11.6. The van der Waals surface area contributed by atoms with E-state index in [-0.39, 0.29) is 0 Å². The fourth-order valence-electron chi connectivity index (χ4n) is 4.96. The van der Waals surface area contributed by atoms with Gasteiger partial charge in [0.15, 0.2) is 0 Å². The summed E-state index contributed by atoms with van der Waals surface area (Å²) in [5, 5.41) is 1.25. The number of benzene rings is 1. The Morgan fingerprint density at radius 3 is 2.61 bits per heavy atom. The molecule has 0 unspecified atom stereocenters. The third-order valence-electron chi connectivity index (χ3n) is 6.77. The molecule has 5 rings (SSSR count). The van der Waals surface area contributed by atoms with Crippen molar-refractivity contribution in [3.63, 3.8) is 0 Å². The van der Waals surface area contributed by atoms with E-state index in [2.05, 4.69) is 65.1 Å². The van der Waals surface area contributed by atoms with Crippen LogP contribution in [0.25, 0.3) is 17.0 Å². The number of allylic oxidation sites excluding steroid dienone is 1. The van der Waals surface area contributed by atoms with Crippen LogP contribution >= 0.6 is 0 Å². The minimum absolute atomic E-state index is 0.378. The van der Waals surface area contributed by atoms with Crippen LogP contribution in [0.5, 0.6) is 0 Å². The lowest BCUT2D eigenvalue weighted by atomic mass is 10.0. The molecule has 0 bridgehead atoms. The van der Waals surface area contributed by atoms with Crippen LogP contribution in [0.4, 0.5) is 0 Å². The maximum atomic E-state index is 5.71. The van der Waals surface area contributed by atoms with Crippen LogP contribution in [0.3, 0.4) is 0 Å². The molecule has 0 atom stereocenters. The van der Waals surface area contributed by atoms with E-state index < -0.39 is 0 Å². The van der Waals surface area contributed by atoms with Crippen LogP contribution < -0.4 is 0 Å². The van der Waals surface area contributed by atoms with E-state index in [1.54, 1.807) is 7.11 Å². The highest BCUT2D eigenvalue weighted by molar-refractivity contribution is 6.14. The lowest BCUT2D eigenvalue weighted by molar-refractivity contribution is 0.0390. The summed E-state index contributed by atoms with van der Waals surface area (Å²) in [6.45, 7) is 7.14. The molecule has 0 radical (unpaired) electrons. The highest BCUT2D eigenvalue weighted by Gasteiger charge is 2.25. The number of nitrogens with zero attached hydrogens (tertiary/aromatic N) is 2. The zero-order chi connectivity index (χ0) is 22.9. The molecule has 2 N–H and O–H groups in total. The summed E-state index contributed by atoms with van der Waals surface area (Å²) in [5.74, 6) is 0.780. The second-order valence-corrected chi connectivity index (χ2v) is 9.02. The van der Waals surface area contributed by atoms with Crippen LogP contribution in [-0.4, -0.2) is 54.0 Å². The predicted molar refractivity (Wildman–Crippen MR) is 133 cm³/mol. The van der Waals surface area contributed by atoms with Crippen LogP contribution in [-0.2, 0) is 16.0 Å². The molecular weight excluding hydrogens is 412 g/mol. The number of aromatic amines is 2. The van der Waals surface area contributed by atoms with Crippen molar-refractivity contribution in [3.8, 4) is 0 Å². The predicted octanol–water partition coefficient (Wildman–Crippen LogP) is 5.10. The number of nitrogens with one attached hydrogen (secondary N) is 2. The molecule has 0 saturated carbocycles. The Bertz CT molecular complexity index is 1250.